The van der Waals surface area contributed by atoms with Crippen LogP contribution in [0.1, 0.15) is 16.1 Å². The Balaban J connectivity index is 2.90. The van der Waals surface area contributed by atoms with Gasteiger partial charge in [0.15, 0.2) is 5.78 Å². The fraction of sp³-hybridized carbons (Fsp3) is 0.429. The van der Waals surface area contributed by atoms with Gasteiger partial charge in [0.1, 0.15) is 6.16 Å². The maximum atomic E-state index is 11.3. The maximum absolute atomic E-state index is 11.3. The van der Waals surface area contributed by atoms with Crippen LogP contribution in [0.25, 0.3) is 0 Å². The van der Waals surface area contributed by atoms with Crippen LogP contribution >= 0.6 is 7.60 Å². The smallest absolute Gasteiger partial charge is 0.324 e. The van der Waals surface area contributed by atoms with Crippen molar-refractivity contribution in [3.8, 4) is 0 Å². The van der Waals surface area contributed by atoms with Gasteiger partial charge in [-0.25, -0.2) is 0 Å². The SMILES string of the molecule is Cc1nn(C)cc1C(=O)CP(=O)(O)O. The summed E-state index contributed by atoms with van der Waals surface area (Å²) in [6.07, 6.45) is 0.687. The van der Waals surface area contributed by atoms with E-state index in [1.54, 1.807) is 14.0 Å². The number of rotatable bonds is 3. The number of nitrogens with zero attached hydrogens (tertiary/aromatic N) is 2. The average molecular weight is 218 g/mol. The van der Waals surface area contributed by atoms with E-state index >= 15 is 0 Å². The lowest BCUT2D eigenvalue weighted by Gasteiger charge is -2.00. The minimum absolute atomic E-state index is 0.260. The summed E-state index contributed by atoms with van der Waals surface area (Å²) in [6.45, 7) is 1.62. The molecule has 0 fully saturated rings. The van der Waals surface area contributed by atoms with E-state index in [4.69, 9.17) is 9.79 Å². The molecule has 0 radical (unpaired) electrons. The summed E-state index contributed by atoms with van der Waals surface area (Å²) < 4.78 is 12.0. The molecule has 1 aromatic rings. The topological polar surface area (TPSA) is 92.4 Å². The lowest BCUT2D eigenvalue weighted by Crippen LogP contribution is -2.06. The van der Waals surface area contributed by atoms with Gasteiger partial charge in [-0.1, -0.05) is 0 Å². The number of hydrogen-bond acceptors (Lipinski definition) is 3. The fourth-order valence-electron chi connectivity index (χ4n) is 1.15. The molecule has 6 nitrogen and oxygen atoms in total. The van der Waals surface area contributed by atoms with Crippen molar-refractivity contribution in [2.75, 3.05) is 6.16 Å². The minimum atomic E-state index is -4.28. The molecule has 0 aromatic carbocycles. The van der Waals surface area contributed by atoms with Crippen molar-refractivity contribution in [3.05, 3.63) is 17.5 Å². The number of aryl methyl sites for hydroxylation is 2. The highest BCUT2D eigenvalue weighted by atomic mass is 31.2. The zero-order valence-corrected chi connectivity index (χ0v) is 8.73. The number of ketones is 1. The van der Waals surface area contributed by atoms with Gasteiger partial charge in [-0.05, 0) is 6.92 Å². The van der Waals surface area contributed by atoms with Crippen molar-refractivity contribution in [3.63, 3.8) is 0 Å². The van der Waals surface area contributed by atoms with Gasteiger partial charge >= 0.3 is 7.60 Å². The summed E-state index contributed by atoms with van der Waals surface area (Å²) in [7, 11) is -2.64. The maximum Gasteiger partial charge on any atom is 0.333 e. The molecule has 1 rings (SSSR count). The first-order chi connectivity index (χ1) is 6.29. The molecule has 1 heterocycles. The van der Waals surface area contributed by atoms with E-state index in [1.807, 2.05) is 0 Å². The van der Waals surface area contributed by atoms with Gasteiger partial charge in [-0.15, -0.1) is 0 Å². The molecule has 0 saturated heterocycles. The molecule has 2 N–H and O–H groups in total. The van der Waals surface area contributed by atoms with Gasteiger partial charge in [0.2, 0.25) is 0 Å². The predicted octanol–water partition coefficient (Wildman–Crippen LogP) is 0.0889. The van der Waals surface area contributed by atoms with E-state index in [0.717, 1.165) is 0 Å². The second-order valence-electron chi connectivity index (χ2n) is 3.05. The number of carbonyl (C=O) groups is 1. The molecular formula is C7H11N2O4P. The largest absolute Gasteiger partial charge is 0.333 e. The van der Waals surface area contributed by atoms with E-state index in [-0.39, 0.29) is 5.56 Å². The molecule has 78 valence electrons. The molecule has 1 aromatic heterocycles. The standard InChI is InChI=1S/C7H11N2O4P/c1-5-6(3-9(2)8-5)7(10)4-14(11,12)13/h3H,4H2,1-2H3,(H2,11,12,13). The van der Waals surface area contributed by atoms with Crippen molar-refractivity contribution in [1.82, 2.24) is 9.78 Å². The van der Waals surface area contributed by atoms with E-state index in [2.05, 4.69) is 5.10 Å². The van der Waals surface area contributed by atoms with Gasteiger partial charge in [-0.2, -0.15) is 5.10 Å². The highest BCUT2D eigenvalue weighted by molar-refractivity contribution is 7.52. The molecule has 0 atom stereocenters. The normalized spacial score (nSPS) is 11.7. The van der Waals surface area contributed by atoms with E-state index in [0.29, 0.717) is 5.69 Å². The van der Waals surface area contributed by atoms with Crippen molar-refractivity contribution < 1.29 is 19.1 Å². The molecule has 0 aliphatic heterocycles. The molecule has 14 heavy (non-hydrogen) atoms. The van der Waals surface area contributed by atoms with Gasteiger partial charge in [0.25, 0.3) is 0 Å². The van der Waals surface area contributed by atoms with Crippen molar-refractivity contribution in [1.29, 1.82) is 0 Å². The van der Waals surface area contributed by atoms with Crippen molar-refractivity contribution in [2.24, 2.45) is 7.05 Å². The third kappa shape index (κ3) is 2.77. The first-order valence-corrected chi connectivity index (χ1v) is 5.67. The van der Waals surface area contributed by atoms with Crippen molar-refractivity contribution >= 4 is 13.4 Å². The number of hydrogen-bond donors (Lipinski definition) is 2. The Labute approximate surface area is 80.7 Å². The lowest BCUT2D eigenvalue weighted by atomic mass is 10.2. The molecular weight excluding hydrogens is 207 g/mol. The van der Waals surface area contributed by atoms with Crippen LogP contribution in [0.2, 0.25) is 0 Å². The molecule has 0 spiro atoms. The Morgan fingerprint density at radius 3 is 2.57 bits per heavy atom. The number of aromatic nitrogens is 2. The van der Waals surface area contributed by atoms with Crippen LogP contribution < -0.4 is 0 Å². The Kier molecular flexibility index (Phi) is 2.89. The predicted molar refractivity (Wildman–Crippen MR) is 49.2 cm³/mol. The first-order valence-electron chi connectivity index (χ1n) is 3.87. The summed E-state index contributed by atoms with van der Waals surface area (Å²) in [5.41, 5.74) is 0.738. The third-order valence-corrected chi connectivity index (χ3v) is 2.36. The molecule has 0 amide bonds. The highest BCUT2D eigenvalue weighted by Gasteiger charge is 2.22. The molecule has 0 bridgehead atoms. The second-order valence-corrected chi connectivity index (χ2v) is 4.69. The minimum Gasteiger partial charge on any atom is -0.324 e. The van der Waals surface area contributed by atoms with Crippen LogP contribution in [0.3, 0.4) is 0 Å². The van der Waals surface area contributed by atoms with E-state index in [9.17, 15) is 9.36 Å². The average Bonchev–Trinajstić information content (AvgIpc) is 2.26. The van der Waals surface area contributed by atoms with Gasteiger partial charge < -0.3 is 9.79 Å². The van der Waals surface area contributed by atoms with Crippen LogP contribution in [-0.2, 0) is 11.6 Å². The van der Waals surface area contributed by atoms with Crippen molar-refractivity contribution in [2.45, 2.75) is 6.92 Å². The summed E-state index contributed by atoms with van der Waals surface area (Å²) in [6, 6.07) is 0. The van der Waals surface area contributed by atoms with E-state index < -0.39 is 19.5 Å². The zero-order valence-electron chi connectivity index (χ0n) is 7.84. The fourth-order valence-corrected chi connectivity index (χ4v) is 1.69. The lowest BCUT2D eigenvalue weighted by molar-refractivity contribution is 0.101. The van der Waals surface area contributed by atoms with Crippen LogP contribution in [0, 0.1) is 6.92 Å². The molecule has 7 heteroatoms. The summed E-state index contributed by atoms with van der Waals surface area (Å²) in [5, 5.41) is 3.91. The van der Waals surface area contributed by atoms with Gasteiger partial charge in [-0.3, -0.25) is 14.0 Å². The van der Waals surface area contributed by atoms with Crippen LogP contribution in [0.15, 0.2) is 6.20 Å². The van der Waals surface area contributed by atoms with Crippen LogP contribution in [-0.4, -0.2) is 31.5 Å². The molecule has 0 aliphatic rings. The molecule has 0 unspecified atom stereocenters. The number of carbonyl (C=O) groups excluding carboxylic acids is 1. The highest BCUT2D eigenvalue weighted by Crippen LogP contribution is 2.35. The Morgan fingerprint density at radius 1 is 1.64 bits per heavy atom. The van der Waals surface area contributed by atoms with Gasteiger partial charge in [0, 0.05) is 13.2 Å². The van der Waals surface area contributed by atoms with Crippen LogP contribution in [0.4, 0.5) is 0 Å². The molecule has 0 aliphatic carbocycles. The van der Waals surface area contributed by atoms with E-state index in [1.165, 1.54) is 10.9 Å². The summed E-state index contributed by atoms with van der Waals surface area (Å²) in [5.74, 6) is -0.580. The molecule has 0 saturated carbocycles. The third-order valence-electron chi connectivity index (χ3n) is 1.66. The first kappa shape index (κ1) is 11.1. The van der Waals surface area contributed by atoms with Gasteiger partial charge in [0.05, 0.1) is 11.3 Å². The second kappa shape index (κ2) is 3.65. The van der Waals surface area contributed by atoms with Crippen LogP contribution in [0.5, 0.6) is 0 Å². The Hall–Kier alpha value is -0.970. The Morgan fingerprint density at radius 2 is 2.21 bits per heavy atom. The summed E-state index contributed by atoms with van der Waals surface area (Å²) in [4.78, 5) is 28.6. The monoisotopic (exact) mass is 218 g/mol. The number of Topliss-reactive ketones (excluding diaryl/α,β-unsaturated/α-hetero) is 1. The Bertz CT molecular complexity index is 406. The quantitative estimate of drug-likeness (QED) is 0.554. The summed E-state index contributed by atoms with van der Waals surface area (Å²) >= 11 is 0. The zero-order chi connectivity index (χ0) is 10.9.